The van der Waals surface area contributed by atoms with Gasteiger partial charge in [0.05, 0.1) is 6.16 Å². The highest BCUT2D eigenvalue weighted by atomic mass is 31.2. The summed E-state index contributed by atoms with van der Waals surface area (Å²) >= 11 is 0. The summed E-state index contributed by atoms with van der Waals surface area (Å²) in [5.41, 5.74) is 4.86. The lowest BCUT2D eigenvalue weighted by Gasteiger charge is -1.96. The maximum Gasteiger partial charge on any atom is 0.703 e. The molecule has 0 amide bonds. The molecule has 0 fully saturated rings. The van der Waals surface area contributed by atoms with E-state index in [9.17, 15) is 9.13 Å². The van der Waals surface area contributed by atoms with Crippen molar-refractivity contribution in [2.24, 2.45) is 5.73 Å². The van der Waals surface area contributed by atoms with Crippen molar-refractivity contribution in [3.63, 3.8) is 0 Å². The Kier molecular flexibility index (Phi) is 4.49. The number of hydrogen-bond donors (Lipinski definition) is 3. The van der Waals surface area contributed by atoms with Crippen LogP contribution in [-0.2, 0) is 13.4 Å². The summed E-state index contributed by atoms with van der Waals surface area (Å²) in [5, 5.41) is 0. The van der Waals surface area contributed by atoms with Crippen molar-refractivity contribution in [3.8, 4) is 0 Å². The molecule has 0 rings (SSSR count). The van der Waals surface area contributed by atoms with Gasteiger partial charge in [0.25, 0.3) is 0 Å². The first kappa shape index (κ1) is 10.8. The zero-order valence-electron chi connectivity index (χ0n) is 5.45. The molecule has 6 nitrogen and oxygen atoms in total. The van der Waals surface area contributed by atoms with E-state index < -0.39 is 15.9 Å². The molecule has 0 saturated carbocycles. The van der Waals surface area contributed by atoms with Crippen LogP contribution in [0.3, 0.4) is 0 Å². The summed E-state index contributed by atoms with van der Waals surface area (Å²) in [4.78, 5) is 16.8. The van der Waals surface area contributed by atoms with Gasteiger partial charge in [-0.3, -0.25) is 4.57 Å². The van der Waals surface area contributed by atoms with E-state index in [0.29, 0.717) is 0 Å². The van der Waals surface area contributed by atoms with E-state index in [2.05, 4.69) is 4.31 Å². The molecule has 64 valence electrons. The molecule has 0 bridgehead atoms. The van der Waals surface area contributed by atoms with Gasteiger partial charge in [0.1, 0.15) is 0 Å². The van der Waals surface area contributed by atoms with Crippen molar-refractivity contribution in [3.05, 3.63) is 12.3 Å². The average Bonchev–Trinajstić information content (AvgIpc) is 1.81. The van der Waals surface area contributed by atoms with E-state index in [4.69, 9.17) is 15.5 Å². The highest BCUT2D eigenvalue weighted by molar-refractivity contribution is 7.59. The summed E-state index contributed by atoms with van der Waals surface area (Å²) in [6.45, 7) is 0. The SMILES string of the molecule is NC=CCP(=O)(O)O[P+](=O)O. The molecule has 0 saturated heterocycles. The molecule has 2 atom stereocenters. The van der Waals surface area contributed by atoms with Crippen molar-refractivity contribution in [1.29, 1.82) is 0 Å². The fourth-order valence-corrected chi connectivity index (χ4v) is 1.86. The Balaban J connectivity index is 4.01. The molecular formula is C3H8NO5P2+. The predicted octanol–water partition coefficient (Wildman–Crippen LogP) is 0.311. The fraction of sp³-hybridized carbons (Fsp3) is 0.333. The van der Waals surface area contributed by atoms with Crippen molar-refractivity contribution in [2.75, 3.05) is 6.16 Å². The van der Waals surface area contributed by atoms with Crippen LogP contribution in [0.25, 0.3) is 0 Å². The third kappa shape index (κ3) is 6.16. The van der Waals surface area contributed by atoms with Crippen LogP contribution in [0.5, 0.6) is 0 Å². The normalized spacial score (nSPS) is 18.2. The van der Waals surface area contributed by atoms with Crippen LogP contribution in [-0.4, -0.2) is 15.9 Å². The third-order valence-electron chi connectivity index (χ3n) is 0.670. The molecule has 0 radical (unpaired) electrons. The van der Waals surface area contributed by atoms with E-state index in [1.165, 1.54) is 6.08 Å². The molecule has 0 heterocycles. The van der Waals surface area contributed by atoms with E-state index >= 15 is 0 Å². The Morgan fingerprint density at radius 3 is 2.64 bits per heavy atom. The Morgan fingerprint density at radius 2 is 2.27 bits per heavy atom. The molecule has 0 spiro atoms. The van der Waals surface area contributed by atoms with Gasteiger partial charge >= 0.3 is 15.9 Å². The van der Waals surface area contributed by atoms with Crippen LogP contribution in [0.1, 0.15) is 0 Å². The van der Waals surface area contributed by atoms with Crippen LogP contribution in [0.15, 0.2) is 12.3 Å². The van der Waals surface area contributed by atoms with Gasteiger partial charge in [-0.15, -0.1) is 4.89 Å². The molecule has 2 unspecified atom stereocenters. The topological polar surface area (TPSA) is 110 Å². The minimum absolute atomic E-state index is 0.370. The minimum Gasteiger partial charge on any atom is -0.405 e. The van der Waals surface area contributed by atoms with Gasteiger partial charge in [-0.05, 0) is 10.5 Å². The molecule has 0 aliphatic carbocycles. The van der Waals surface area contributed by atoms with Crippen molar-refractivity contribution in [1.82, 2.24) is 0 Å². The smallest absolute Gasteiger partial charge is 0.405 e. The second-order valence-electron chi connectivity index (χ2n) is 1.57. The van der Waals surface area contributed by atoms with Crippen molar-refractivity contribution in [2.45, 2.75) is 0 Å². The van der Waals surface area contributed by atoms with Gasteiger partial charge in [0.15, 0.2) is 0 Å². The Morgan fingerprint density at radius 1 is 1.73 bits per heavy atom. The zero-order valence-corrected chi connectivity index (χ0v) is 7.24. The van der Waals surface area contributed by atoms with Crippen molar-refractivity contribution >= 4 is 15.9 Å². The minimum atomic E-state index is -3.97. The second-order valence-corrected chi connectivity index (χ2v) is 4.34. The molecule has 4 N–H and O–H groups in total. The molecule has 11 heavy (non-hydrogen) atoms. The van der Waals surface area contributed by atoms with Gasteiger partial charge in [-0.1, -0.05) is 6.08 Å². The lowest BCUT2D eigenvalue weighted by atomic mass is 10.7. The van der Waals surface area contributed by atoms with Gasteiger partial charge in [-0.2, -0.15) is 0 Å². The first-order valence-corrected chi connectivity index (χ1v) is 5.41. The van der Waals surface area contributed by atoms with Crippen LogP contribution < -0.4 is 5.73 Å². The van der Waals surface area contributed by atoms with E-state index in [-0.39, 0.29) is 6.16 Å². The first-order chi connectivity index (χ1) is 4.98. The fourth-order valence-electron chi connectivity index (χ4n) is 0.337. The van der Waals surface area contributed by atoms with Crippen LogP contribution in [0, 0.1) is 0 Å². The van der Waals surface area contributed by atoms with E-state index in [1.54, 1.807) is 0 Å². The Hall–Kier alpha value is -0.250. The summed E-state index contributed by atoms with van der Waals surface area (Å²) in [6.07, 6.45) is 1.85. The quantitative estimate of drug-likeness (QED) is 0.563. The molecule has 0 aromatic heterocycles. The number of hydrogen-bond acceptors (Lipinski definition) is 4. The summed E-state index contributed by atoms with van der Waals surface area (Å²) in [5.74, 6) is 0. The maximum absolute atomic E-state index is 10.7. The van der Waals surface area contributed by atoms with Gasteiger partial charge < -0.3 is 10.6 Å². The standard InChI is InChI=1S/C3H7NO5P2/c4-2-1-3-11(7,8)9-10(5)6/h1-2H,3-4H2,(H-,5,6,7,8)/p+1. The number of allylic oxidation sites excluding steroid dienone is 1. The lowest BCUT2D eigenvalue weighted by molar-refractivity contribution is 0.353. The summed E-state index contributed by atoms with van der Waals surface area (Å²) in [7, 11) is -7.01. The molecule has 0 aliphatic rings. The van der Waals surface area contributed by atoms with Crippen molar-refractivity contribution < 1.29 is 23.2 Å². The number of nitrogens with two attached hydrogens (primary N) is 1. The van der Waals surface area contributed by atoms with Gasteiger partial charge in [0, 0.05) is 4.57 Å². The van der Waals surface area contributed by atoms with Gasteiger partial charge in [-0.25, -0.2) is 0 Å². The summed E-state index contributed by atoms with van der Waals surface area (Å²) in [6, 6.07) is 0. The molecule has 0 aromatic rings. The largest absolute Gasteiger partial charge is 0.703 e. The van der Waals surface area contributed by atoms with Crippen LogP contribution >= 0.6 is 15.9 Å². The van der Waals surface area contributed by atoms with Gasteiger partial charge in [0.2, 0.25) is 0 Å². The average molecular weight is 200 g/mol. The van der Waals surface area contributed by atoms with Crippen LogP contribution in [0.4, 0.5) is 0 Å². The predicted molar refractivity (Wildman–Crippen MR) is 38.9 cm³/mol. The molecule has 8 heteroatoms. The molecule has 0 aliphatic heterocycles. The van der Waals surface area contributed by atoms with E-state index in [0.717, 1.165) is 6.20 Å². The summed E-state index contributed by atoms with van der Waals surface area (Å²) < 4.78 is 24.4. The highest BCUT2D eigenvalue weighted by Crippen LogP contribution is 2.49. The number of rotatable bonds is 4. The third-order valence-corrected chi connectivity index (χ3v) is 2.92. The monoisotopic (exact) mass is 200 g/mol. The Labute approximate surface area is 64.2 Å². The second kappa shape index (κ2) is 4.59. The first-order valence-electron chi connectivity index (χ1n) is 2.52. The van der Waals surface area contributed by atoms with E-state index in [1.807, 2.05) is 0 Å². The van der Waals surface area contributed by atoms with Crippen LogP contribution in [0.2, 0.25) is 0 Å². The Bertz CT molecular complexity index is 214. The molecular weight excluding hydrogens is 192 g/mol. The molecule has 0 aromatic carbocycles. The zero-order chi connectivity index (χ0) is 8.91. The maximum atomic E-state index is 10.7. The lowest BCUT2D eigenvalue weighted by Crippen LogP contribution is -1.87. The highest BCUT2D eigenvalue weighted by Gasteiger charge is 2.30.